The fourth-order valence-corrected chi connectivity index (χ4v) is 4.39. The first-order valence-electron chi connectivity index (χ1n) is 10.4. The highest BCUT2D eigenvalue weighted by Gasteiger charge is 2.48. The van der Waals surface area contributed by atoms with Gasteiger partial charge in [0.05, 0.1) is 0 Å². The van der Waals surface area contributed by atoms with Crippen LogP contribution in [-0.4, -0.2) is 100 Å². The second kappa shape index (κ2) is 12.5. The zero-order chi connectivity index (χ0) is 27.0. The van der Waals surface area contributed by atoms with Crippen molar-refractivity contribution in [2.75, 3.05) is 39.8 Å². The molecule has 3 heterocycles. The highest BCUT2D eigenvalue weighted by Crippen LogP contribution is 2.33. The maximum atomic E-state index is 12.8. The normalized spacial score (nSPS) is 18.9. The van der Waals surface area contributed by atoms with E-state index in [0.29, 0.717) is 5.91 Å². The molecule has 2 aliphatic rings. The van der Waals surface area contributed by atoms with Gasteiger partial charge in [0, 0.05) is 44.1 Å². The van der Waals surface area contributed by atoms with E-state index in [1.807, 2.05) is 16.2 Å². The van der Waals surface area contributed by atoms with E-state index in [1.54, 1.807) is 0 Å². The number of amides is 1. The Morgan fingerprint density at radius 2 is 1.49 bits per heavy atom. The van der Waals surface area contributed by atoms with Crippen LogP contribution in [-0.2, 0) is 20.9 Å². The molecule has 2 aliphatic heterocycles. The molecule has 8 nitrogen and oxygen atoms in total. The summed E-state index contributed by atoms with van der Waals surface area (Å²) in [6, 6.07) is 4.31. The van der Waals surface area contributed by atoms with E-state index in [0.717, 1.165) is 52.1 Å². The van der Waals surface area contributed by atoms with Crippen LogP contribution in [0.2, 0.25) is 0 Å². The fourth-order valence-electron chi connectivity index (χ4n) is 3.65. The average molecular weight is 536 g/mol. The maximum Gasteiger partial charge on any atom is 0.490 e. The molecule has 1 amide bonds. The smallest absolute Gasteiger partial charge is 0.475 e. The van der Waals surface area contributed by atoms with Crippen molar-refractivity contribution in [3.8, 4) is 0 Å². The number of alkyl halides is 6. The molecule has 0 unspecified atom stereocenters. The molecule has 2 saturated heterocycles. The number of hydrogen-bond acceptors (Lipinski definition) is 6. The fraction of sp³-hybridized carbons (Fsp3) is 0.650. The van der Waals surface area contributed by atoms with Crippen molar-refractivity contribution in [3.63, 3.8) is 0 Å². The quantitative estimate of drug-likeness (QED) is 0.574. The predicted molar refractivity (Wildman–Crippen MR) is 114 cm³/mol. The number of likely N-dealkylation sites (N-methyl/N-ethyl adjacent to an activating group) is 2. The Morgan fingerprint density at radius 1 is 1.00 bits per heavy atom. The Kier molecular flexibility index (Phi) is 11.0. The average Bonchev–Trinajstić information content (AvgIpc) is 3.26. The summed E-state index contributed by atoms with van der Waals surface area (Å²) in [4.78, 5) is 38.9. The molecule has 0 saturated carbocycles. The Balaban J connectivity index is 0.000000362. The van der Waals surface area contributed by atoms with Crippen molar-refractivity contribution >= 4 is 29.2 Å². The lowest BCUT2D eigenvalue weighted by Gasteiger charge is -2.51. The van der Waals surface area contributed by atoms with Crippen LogP contribution in [0.4, 0.5) is 26.3 Å². The standard InChI is InChI=1S/C16H25N3OS.2C2HF3O2/c1-3-19-11-10-17(2)16(15(19)20)6-8-18(9-7-16)13-14-5-4-12-21-14;2*3-2(4,5)1(6)7/h4-5,12H,3,6-11,13H2,1-2H3;2*(H,6,7). The van der Waals surface area contributed by atoms with E-state index in [9.17, 15) is 31.1 Å². The Morgan fingerprint density at radius 3 is 1.86 bits per heavy atom. The third-order valence-electron chi connectivity index (χ3n) is 5.63. The summed E-state index contributed by atoms with van der Waals surface area (Å²) in [5, 5.41) is 16.4. The van der Waals surface area contributed by atoms with Crippen LogP contribution in [0.1, 0.15) is 24.6 Å². The van der Waals surface area contributed by atoms with E-state index in [-0.39, 0.29) is 5.54 Å². The number of halogens is 6. The summed E-state index contributed by atoms with van der Waals surface area (Å²) in [5.74, 6) is -5.16. The second-order valence-corrected chi connectivity index (χ2v) is 8.83. The van der Waals surface area contributed by atoms with Crippen LogP contribution < -0.4 is 0 Å². The summed E-state index contributed by atoms with van der Waals surface area (Å²) >= 11 is 1.82. The van der Waals surface area contributed by atoms with Gasteiger partial charge in [0.25, 0.3) is 0 Å². The molecule has 3 rings (SSSR count). The van der Waals surface area contributed by atoms with Crippen molar-refractivity contribution in [2.45, 2.75) is 44.2 Å². The summed E-state index contributed by atoms with van der Waals surface area (Å²) in [6.07, 6.45) is -8.24. The first-order chi connectivity index (χ1) is 16.0. The van der Waals surface area contributed by atoms with Gasteiger partial charge in [0.2, 0.25) is 5.91 Å². The molecule has 0 aliphatic carbocycles. The van der Waals surface area contributed by atoms with Crippen LogP contribution in [0.5, 0.6) is 0 Å². The van der Waals surface area contributed by atoms with Gasteiger partial charge in [-0.2, -0.15) is 26.3 Å². The first kappa shape index (κ1) is 30.6. The lowest BCUT2D eigenvalue weighted by atomic mass is 9.82. The van der Waals surface area contributed by atoms with Crippen molar-refractivity contribution in [1.82, 2.24) is 14.7 Å². The third kappa shape index (κ3) is 8.96. The van der Waals surface area contributed by atoms with Gasteiger partial charge in [0.1, 0.15) is 5.54 Å². The summed E-state index contributed by atoms with van der Waals surface area (Å²) in [6.45, 7) is 7.88. The van der Waals surface area contributed by atoms with Crippen LogP contribution in [0.15, 0.2) is 17.5 Å². The van der Waals surface area contributed by atoms with Gasteiger partial charge in [-0.1, -0.05) is 6.07 Å². The first-order valence-corrected chi connectivity index (χ1v) is 11.3. The van der Waals surface area contributed by atoms with Crippen molar-refractivity contribution in [2.24, 2.45) is 0 Å². The van der Waals surface area contributed by atoms with Crippen molar-refractivity contribution < 1.29 is 50.9 Å². The minimum Gasteiger partial charge on any atom is -0.475 e. The minimum absolute atomic E-state index is 0.236. The molecule has 1 aromatic heterocycles. The molecule has 2 N–H and O–H groups in total. The molecule has 1 aromatic rings. The number of nitrogens with zero attached hydrogens (tertiary/aromatic N) is 3. The van der Waals surface area contributed by atoms with Gasteiger partial charge in [0.15, 0.2) is 0 Å². The predicted octanol–water partition coefficient (Wildman–Crippen LogP) is 3.14. The van der Waals surface area contributed by atoms with E-state index in [1.165, 1.54) is 4.88 Å². The van der Waals surface area contributed by atoms with Crippen molar-refractivity contribution in [1.29, 1.82) is 0 Å². The number of thiophene rings is 1. The third-order valence-corrected chi connectivity index (χ3v) is 6.49. The Hall–Kier alpha value is -2.39. The molecular formula is C20H27F6N3O5S. The molecule has 0 aromatic carbocycles. The highest BCUT2D eigenvalue weighted by molar-refractivity contribution is 7.09. The topological polar surface area (TPSA) is 101 Å². The number of rotatable bonds is 3. The molecule has 2 fully saturated rings. The van der Waals surface area contributed by atoms with Gasteiger partial charge in [-0.3, -0.25) is 14.6 Å². The SMILES string of the molecule is CCN1CCN(C)C2(CCN(Cc3cccs3)CC2)C1=O.O=C(O)C(F)(F)F.O=C(O)C(F)(F)F. The monoisotopic (exact) mass is 535 g/mol. The van der Waals surface area contributed by atoms with E-state index in [4.69, 9.17) is 19.8 Å². The number of hydrogen-bond donors (Lipinski definition) is 2. The summed E-state index contributed by atoms with van der Waals surface area (Å²) < 4.78 is 63.5. The van der Waals surface area contributed by atoms with Gasteiger partial charge in [-0.15, -0.1) is 11.3 Å². The van der Waals surface area contributed by atoms with E-state index < -0.39 is 24.3 Å². The van der Waals surface area contributed by atoms with Crippen molar-refractivity contribution in [3.05, 3.63) is 22.4 Å². The van der Waals surface area contributed by atoms with E-state index >= 15 is 0 Å². The number of piperazine rings is 1. The molecule has 0 radical (unpaired) electrons. The zero-order valence-corrected chi connectivity index (χ0v) is 19.8. The minimum atomic E-state index is -5.08. The number of aliphatic carboxylic acids is 2. The van der Waals surface area contributed by atoms with E-state index in [2.05, 4.69) is 41.3 Å². The maximum absolute atomic E-state index is 12.8. The molecular weight excluding hydrogens is 508 g/mol. The van der Waals surface area contributed by atoms with Gasteiger partial charge >= 0.3 is 24.3 Å². The summed E-state index contributed by atoms with van der Waals surface area (Å²) in [5.41, 5.74) is -0.236. The van der Waals surface area contributed by atoms with Crippen LogP contribution in [0, 0.1) is 0 Å². The highest BCUT2D eigenvalue weighted by atomic mass is 32.1. The molecule has 0 atom stereocenters. The Labute approximate surface area is 201 Å². The van der Waals surface area contributed by atoms with Gasteiger partial charge in [-0.05, 0) is 38.3 Å². The molecule has 0 bridgehead atoms. The lowest BCUT2D eigenvalue weighted by molar-refractivity contribution is -0.193. The largest absolute Gasteiger partial charge is 0.490 e. The molecule has 200 valence electrons. The zero-order valence-electron chi connectivity index (χ0n) is 19.0. The van der Waals surface area contributed by atoms with Crippen LogP contribution in [0.3, 0.4) is 0 Å². The number of carboxylic acid groups (broad SMARTS) is 2. The summed E-state index contributed by atoms with van der Waals surface area (Å²) in [7, 11) is 2.12. The number of carbonyl (C=O) groups is 3. The number of carbonyl (C=O) groups excluding carboxylic acids is 1. The lowest BCUT2D eigenvalue weighted by Crippen LogP contribution is -2.67. The van der Waals surface area contributed by atoms with Gasteiger partial charge in [-0.25, -0.2) is 9.59 Å². The van der Waals surface area contributed by atoms with Gasteiger partial charge < -0.3 is 15.1 Å². The molecule has 1 spiro atoms. The second-order valence-electron chi connectivity index (χ2n) is 7.80. The van der Waals surface area contributed by atoms with Crippen LogP contribution >= 0.6 is 11.3 Å². The number of likely N-dealkylation sites (tertiary alicyclic amines) is 1. The molecule has 35 heavy (non-hydrogen) atoms. The molecule has 15 heteroatoms. The number of piperidine rings is 1. The number of carboxylic acids is 2. The Bertz CT molecular complexity index is 815. The van der Waals surface area contributed by atoms with Crippen LogP contribution in [0.25, 0.3) is 0 Å².